The van der Waals surface area contributed by atoms with E-state index in [1.54, 1.807) is 11.1 Å². The fraction of sp³-hybridized carbons (Fsp3) is 0.481. The van der Waals surface area contributed by atoms with Crippen molar-refractivity contribution < 1.29 is 20.0 Å². The monoisotopic (exact) mass is 896 g/mol. The molecule has 1 heterocycles. The van der Waals surface area contributed by atoms with Gasteiger partial charge in [-0.1, -0.05) is 0 Å². The van der Waals surface area contributed by atoms with Crippen molar-refractivity contribution in [1.82, 2.24) is 0 Å². The number of fused-ring (bicyclic) bond motifs is 8. The molecule has 3 aliphatic carbocycles. The summed E-state index contributed by atoms with van der Waals surface area (Å²) in [5, 5.41) is 0. The van der Waals surface area contributed by atoms with E-state index in [2.05, 4.69) is 177 Å². The third kappa shape index (κ3) is 6.41. The van der Waals surface area contributed by atoms with Gasteiger partial charge in [0.05, 0.1) is 0 Å². The van der Waals surface area contributed by atoms with Gasteiger partial charge in [0, 0.05) is 0 Å². The average Bonchev–Trinajstić information content (AvgIpc) is 3.71. The Labute approximate surface area is 339 Å². The summed E-state index contributed by atoms with van der Waals surface area (Å²) >= 11 is -3.23. The summed E-state index contributed by atoms with van der Waals surface area (Å²) in [4.78, 5) is 0. The van der Waals surface area contributed by atoms with Crippen LogP contribution in [0.2, 0.25) is 9.36 Å². The van der Waals surface area contributed by atoms with Gasteiger partial charge in [-0.2, -0.15) is 0 Å². The van der Waals surface area contributed by atoms with E-state index >= 15 is 0 Å². The number of rotatable bonds is 2. The summed E-state index contributed by atoms with van der Waals surface area (Å²) < 4.78 is 6.89. The molecule has 0 nitrogen and oxygen atoms in total. The second kappa shape index (κ2) is 12.9. The van der Waals surface area contributed by atoms with E-state index in [9.17, 15) is 0 Å². The molecule has 0 amide bonds. The fourth-order valence-electron chi connectivity index (χ4n) is 11.1. The van der Waals surface area contributed by atoms with Gasteiger partial charge in [0.15, 0.2) is 0 Å². The van der Waals surface area contributed by atoms with Crippen molar-refractivity contribution in [3.05, 3.63) is 128 Å². The van der Waals surface area contributed by atoms with Crippen LogP contribution >= 0.6 is 0 Å². The Kier molecular flexibility index (Phi) is 9.14. The summed E-state index contributed by atoms with van der Waals surface area (Å²) in [6.07, 6.45) is 12.2. The Morgan fingerprint density at radius 2 is 0.818 bits per heavy atom. The zero-order valence-corrected chi connectivity index (χ0v) is 40.4. The molecule has 1 aliphatic heterocycles. The van der Waals surface area contributed by atoms with E-state index in [-0.39, 0.29) is 27.1 Å². The Balaban J connectivity index is 1.34. The van der Waals surface area contributed by atoms with Crippen LogP contribution < -0.4 is 0 Å². The topological polar surface area (TPSA) is 0 Å². The van der Waals surface area contributed by atoms with E-state index in [1.807, 2.05) is 11.1 Å². The van der Waals surface area contributed by atoms with Crippen LogP contribution in [0.1, 0.15) is 167 Å². The van der Waals surface area contributed by atoms with Gasteiger partial charge in [-0.15, -0.1) is 0 Å². The molecule has 4 aromatic rings. The van der Waals surface area contributed by atoms with Crippen molar-refractivity contribution >= 4 is 12.2 Å². The maximum absolute atomic E-state index is 3.23. The zero-order chi connectivity index (χ0) is 39.7. The molecule has 0 bridgehead atoms. The van der Waals surface area contributed by atoms with Crippen LogP contribution in [-0.2, 0) is 41.6 Å². The summed E-state index contributed by atoms with van der Waals surface area (Å²) in [6.45, 7) is 28.4. The van der Waals surface area contributed by atoms with Crippen LogP contribution in [0.5, 0.6) is 0 Å². The first-order chi connectivity index (χ1) is 25.5. The van der Waals surface area contributed by atoms with Crippen molar-refractivity contribution in [2.75, 3.05) is 0 Å². The predicted molar refractivity (Wildman–Crippen MR) is 237 cm³/mol. The summed E-state index contributed by atoms with van der Waals surface area (Å²) in [5.74, 6) is 0. The van der Waals surface area contributed by atoms with Gasteiger partial charge in [0.1, 0.15) is 0 Å². The summed E-state index contributed by atoms with van der Waals surface area (Å²) in [7, 11) is 0. The summed E-state index contributed by atoms with van der Waals surface area (Å²) in [5.41, 5.74) is 22.0. The van der Waals surface area contributed by atoms with Crippen LogP contribution in [-0.4, -0.2) is 0 Å². The van der Waals surface area contributed by atoms with Gasteiger partial charge < -0.3 is 0 Å². The molecule has 4 aliphatic rings. The molecule has 0 aromatic heterocycles. The molecule has 1 spiro atoms. The van der Waals surface area contributed by atoms with Crippen molar-refractivity contribution in [3.8, 4) is 22.3 Å². The van der Waals surface area contributed by atoms with Gasteiger partial charge >= 0.3 is 342 Å². The number of hydrogen-bond acceptors (Lipinski definition) is 0. The van der Waals surface area contributed by atoms with E-state index < -0.39 is 20.0 Å². The van der Waals surface area contributed by atoms with Gasteiger partial charge in [-0.05, 0) is 0 Å². The molecule has 0 radical (unpaired) electrons. The molecule has 2 fully saturated rings. The molecule has 8 rings (SSSR count). The Bertz CT molecular complexity index is 2030. The number of benzene rings is 4. The summed E-state index contributed by atoms with van der Waals surface area (Å²) in [6, 6.07) is 29.8. The van der Waals surface area contributed by atoms with Crippen molar-refractivity contribution in [1.29, 1.82) is 0 Å². The average molecular weight is 896 g/mol. The van der Waals surface area contributed by atoms with Gasteiger partial charge in [0.25, 0.3) is 0 Å². The number of hydrogen-bond donors (Lipinski definition) is 0. The normalized spacial score (nSPS) is 21.4. The molecule has 55 heavy (non-hydrogen) atoms. The van der Waals surface area contributed by atoms with Crippen molar-refractivity contribution in [2.24, 2.45) is 5.41 Å². The third-order valence-corrected chi connectivity index (χ3v) is 29.5. The first-order valence-corrected chi connectivity index (χ1v) is 32.9. The van der Waals surface area contributed by atoms with Crippen LogP contribution in [0.4, 0.5) is 0 Å². The Morgan fingerprint density at radius 3 is 1.15 bits per heavy atom. The Morgan fingerprint density at radius 1 is 0.473 bits per heavy atom. The maximum atomic E-state index is 2.83. The molecular weight excluding hydrogens is 827 g/mol. The predicted octanol–water partition coefficient (Wildman–Crippen LogP) is 16.0. The van der Waals surface area contributed by atoms with Crippen LogP contribution in [0.15, 0.2) is 83.9 Å². The van der Waals surface area contributed by atoms with Crippen molar-refractivity contribution in [2.45, 2.75) is 154 Å². The van der Waals surface area contributed by atoms with Gasteiger partial charge in [-0.25, -0.2) is 0 Å². The first kappa shape index (κ1) is 39.1. The van der Waals surface area contributed by atoms with E-state index in [0.29, 0.717) is 7.35 Å². The molecule has 2 unspecified atom stereocenters. The fourth-order valence-corrected chi connectivity index (χ4v) is 28.2. The molecule has 288 valence electrons. The molecule has 1 saturated heterocycles. The van der Waals surface area contributed by atoms with Gasteiger partial charge in [0.2, 0.25) is 0 Å². The van der Waals surface area contributed by atoms with Crippen LogP contribution in [0.3, 0.4) is 0 Å². The van der Waals surface area contributed by atoms with Crippen LogP contribution in [0, 0.1) is 5.41 Å². The molecule has 1 saturated carbocycles. The van der Waals surface area contributed by atoms with Crippen LogP contribution in [0.25, 0.3) is 34.4 Å². The third-order valence-electron chi connectivity index (χ3n) is 14.4. The molecular formula is C54H68Hf. The van der Waals surface area contributed by atoms with Gasteiger partial charge in [-0.3, -0.25) is 0 Å². The quantitative estimate of drug-likeness (QED) is 0.176. The molecule has 4 aromatic carbocycles. The minimum absolute atomic E-state index is 0.0875. The van der Waals surface area contributed by atoms with E-state index in [0.717, 1.165) is 0 Å². The molecule has 2 atom stereocenters. The Hall–Kier alpha value is -2.77. The van der Waals surface area contributed by atoms with E-state index in [4.69, 9.17) is 0 Å². The van der Waals surface area contributed by atoms with Crippen molar-refractivity contribution in [3.63, 3.8) is 0 Å². The minimum atomic E-state index is -3.23. The second-order valence-corrected chi connectivity index (χ2v) is 40.0. The molecule has 0 N–H and O–H groups in total. The standard InChI is InChI=1S/C52H62.2CH3.Hf/c1-48(2,3)38-26-36(27-39(30-38)49(4,5)6)44-20-16-18-34-24-42(32-46(34)44)52(22-14-13-15-23-52)43-25-35-19-17-21-45(47(35)33-43)37-28-40(50(7,8)9)31-41(29-37)51(10,11)12;;;/h16-21,24-33H,13-15,22-23H2,1-12H3;2*1H3;. The second-order valence-electron chi connectivity index (χ2n) is 22.7. The van der Waals surface area contributed by atoms with E-state index in [1.165, 1.54) is 87.7 Å². The number of allylic oxidation sites excluding steroid dienone is 2. The molecule has 1 heteroatoms. The SMILES string of the molecule is CC(C)(C)c1cc(-c2cccc3c2C=C2[CH]3[Hf]([CH3])([CH3])[CH]3C(=Cc4c(-c5cc(C(C)(C)C)cc(C(C)(C)C)c5)cccc43)C23CCCCC3)cc(C(C)(C)C)c1. The zero-order valence-electron chi connectivity index (χ0n) is 36.8. The first-order valence-electron chi connectivity index (χ1n) is 21.5.